The molecule has 2 aromatic rings. The van der Waals surface area contributed by atoms with Crippen LogP contribution < -0.4 is 0 Å². The number of ether oxygens (including phenoxy) is 1. The van der Waals surface area contributed by atoms with Crippen LogP contribution in [-0.2, 0) is 4.74 Å². The highest BCUT2D eigenvalue weighted by atomic mass is 127. The van der Waals surface area contributed by atoms with Gasteiger partial charge in [0.05, 0.1) is 12.7 Å². The fourth-order valence-corrected chi connectivity index (χ4v) is 2.55. The normalized spacial score (nSPS) is 10.6. The van der Waals surface area contributed by atoms with Crippen LogP contribution in [-0.4, -0.2) is 22.1 Å². The molecule has 0 fully saturated rings. The molecule has 0 spiro atoms. The summed E-state index contributed by atoms with van der Waals surface area (Å²) < 4.78 is 6.92. The smallest absolute Gasteiger partial charge is 0.338 e. The minimum absolute atomic E-state index is 0.386. The highest BCUT2D eigenvalue weighted by molar-refractivity contribution is 14.1. The lowest BCUT2D eigenvalue weighted by Gasteiger charge is -2.00. The molecular weight excluding hydrogens is 330 g/mol. The van der Waals surface area contributed by atoms with Gasteiger partial charge in [0.25, 0.3) is 0 Å². The predicted molar refractivity (Wildman–Crippen MR) is 65.0 cm³/mol. The maximum atomic E-state index is 11.5. The van der Waals surface area contributed by atoms with Gasteiger partial charge < -0.3 is 4.74 Å². The van der Waals surface area contributed by atoms with E-state index in [1.54, 1.807) is 12.3 Å². The Morgan fingerprint density at radius 1 is 1.67 bits per heavy atom. The topological polar surface area (TPSA) is 44.1 Å². The Balaban J connectivity index is 2.80. The Morgan fingerprint density at radius 2 is 2.40 bits per heavy atom. The van der Waals surface area contributed by atoms with Crippen molar-refractivity contribution in [1.29, 1.82) is 0 Å². The van der Waals surface area contributed by atoms with E-state index >= 15 is 0 Å². The monoisotopic (exact) mass is 336 g/mol. The van der Waals surface area contributed by atoms with Crippen molar-refractivity contribution in [2.75, 3.05) is 7.11 Å². The molecule has 0 saturated heterocycles. The maximum Gasteiger partial charge on any atom is 0.338 e. The first-order valence-corrected chi connectivity index (χ1v) is 5.47. The maximum absolute atomic E-state index is 11.5. The molecule has 0 amide bonds. The summed E-state index contributed by atoms with van der Waals surface area (Å²) in [5.74, 6) is -0.386. The third kappa shape index (κ3) is 1.69. The average Bonchev–Trinajstić information content (AvgIpc) is 2.54. The molecule has 4 nitrogen and oxygen atoms in total. The van der Waals surface area contributed by atoms with Gasteiger partial charge in [-0.1, -0.05) is 0 Å². The highest BCUT2D eigenvalue weighted by Gasteiger charge is 2.16. The van der Waals surface area contributed by atoms with Crippen LogP contribution in [0, 0.1) is 3.57 Å². The van der Waals surface area contributed by atoms with E-state index in [1.807, 2.05) is 0 Å². The fraction of sp³-hybridized carbons (Fsp3) is 0.111. The van der Waals surface area contributed by atoms with Crippen molar-refractivity contribution in [3.05, 3.63) is 27.6 Å². The Kier molecular flexibility index (Phi) is 2.83. The second kappa shape index (κ2) is 3.97. The quantitative estimate of drug-likeness (QED) is 0.593. The predicted octanol–water partition coefficient (Wildman–Crippen LogP) is 2.43. The van der Waals surface area contributed by atoms with E-state index < -0.39 is 0 Å². The van der Waals surface area contributed by atoms with Crippen LogP contribution in [0.5, 0.6) is 0 Å². The van der Waals surface area contributed by atoms with Gasteiger partial charge in [0.1, 0.15) is 0 Å². The van der Waals surface area contributed by atoms with Crippen molar-refractivity contribution in [3.63, 3.8) is 0 Å². The average molecular weight is 337 g/mol. The summed E-state index contributed by atoms with van der Waals surface area (Å²) >= 11 is 8.00. The van der Waals surface area contributed by atoms with Gasteiger partial charge in [-0.05, 0) is 28.7 Å². The van der Waals surface area contributed by atoms with Gasteiger partial charge in [-0.2, -0.15) is 0 Å². The summed E-state index contributed by atoms with van der Waals surface area (Å²) in [5, 5.41) is 0.722. The van der Waals surface area contributed by atoms with Gasteiger partial charge >= 0.3 is 5.97 Å². The van der Waals surface area contributed by atoms with Crippen molar-refractivity contribution >= 4 is 51.4 Å². The van der Waals surface area contributed by atoms with E-state index in [2.05, 4.69) is 32.3 Å². The lowest BCUT2D eigenvalue weighted by molar-refractivity contribution is 0.0603. The zero-order valence-electron chi connectivity index (χ0n) is 7.70. The van der Waals surface area contributed by atoms with E-state index in [0.717, 1.165) is 8.96 Å². The third-order valence-corrected chi connectivity index (χ3v) is 3.08. The molecule has 0 aliphatic heterocycles. The summed E-state index contributed by atoms with van der Waals surface area (Å²) in [6.45, 7) is 0. The van der Waals surface area contributed by atoms with E-state index in [-0.39, 0.29) is 5.97 Å². The van der Waals surface area contributed by atoms with E-state index in [9.17, 15) is 4.79 Å². The van der Waals surface area contributed by atoms with E-state index in [0.29, 0.717) is 11.2 Å². The van der Waals surface area contributed by atoms with Crippen molar-refractivity contribution in [3.8, 4) is 0 Å². The molecule has 2 rings (SSSR count). The lowest BCUT2D eigenvalue weighted by atomic mass is 10.2. The molecule has 0 saturated carbocycles. The van der Waals surface area contributed by atoms with Crippen molar-refractivity contribution in [2.45, 2.75) is 0 Å². The molecule has 0 radical (unpaired) electrons. The Hall–Kier alpha value is -0.820. The first-order valence-electron chi connectivity index (χ1n) is 4.05. The molecule has 78 valence electrons. The summed E-state index contributed by atoms with van der Waals surface area (Å²) in [4.78, 5) is 15.6. The molecule has 15 heavy (non-hydrogen) atoms. The number of rotatable bonds is 1. The number of hydrogen-bond acceptors (Lipinski definition) is 3. The number of fused-ring (bicyclic) bond motifs is 1. The number of nitrogens with zero attached hydrogens (tertiary/aromatic N) is 2. The van der Waals surface area contributed by atoms with Crippen molar-refractivity contribution < 1.29 is 9.53 Å². The molecule has 6 heteroatoms. The third-order valence-electron chi connectivity index (χ3n) is 2.00. The van der Waals surface area contributed by atoms with Gasteiger partial charge in [-0.15, -0.1) is 0 Å². The zero-order valence-corrected chi connectivity index (χ0v) is 10.6. The molecule has 0 unspecified atom stereocenters. The van der Waals surface area contributed by atoms with Crippen LogP contribution in [0.15, 0.2) is 18.5 Å². The van der Waals surface area contributed by atoms with Crippen LogP contribution in [0.4, 0.5) is 0 Å². The first-order chi connectivity index (χ1) is 7.15. The number of carbonyl (C=O) groups excluding carboxylic acids is 1. The number of methoxy groups -OCH3 is 1. The summed E-state index contributed by atoms with van der Waals surface area (Å²) in [7, 11) is 1.35. The summed E-state index contributed by atoms with van der Waals surface area (Å²) in [6, 6.07) is 1.62. The number of aromatic nitrogens is 2. The van der Waals surface area contributed by atoms with Crippen LogP contribution in [0.25, 0.3) is 11.0 Å². The standard InChI is InChI=1S/C9H6ClIN2O2/c1-15-9(14)5-2-3-12-8-7(5)6(11)4-13(8)10/h2-4H,1H3. The first kappa shape index (κ1) is 10.7. The summed E-state index contributed by atoms with van der Waals surface area (Å²) in [5.41, 5.74) is 1.04. The molecule has 0 atom stereocenters. The van der Waals surface area contributed by atoms with Crippen LogP contribution in [0.2, 0.25) is 0 Å². The molecular formula is C9H6ClIN2O2. The number of carbonyl (C=O) groups is 1. The van der Waals surface area contributed by atoms with E-state index in [4.69, 9.17) is 11.8 Å². The van der Waals surface area contributed by atoms with E-state index in [1.165, 1.54) is 17.4 Å². The second-order valence-electron chi connectivity index (χ2n) is 2.84. The van der Waals surface area contributed by atoms with Crippen molar-refractivity contribution in [2.24, 2.45) is 0 Å². The van der Waals surface area contributed by atoms with Gasteiger partial charge in [0.15, 0.2) is 5.65 Å². The highest BCUT2D eigenvalue weighted by Crippen LogP contribution is 2.25. The van der Waals surface area contributed by atoms with Crippen molar-refractivity contribution in [1.82, 2.24) is 9.07 Å². The van der Waals surface area contributed by atoms with Crippen LogP contribution >= 0.6 is 34.4 Å². The number of hydrogen-bond donors (Lipinski definition) is 0. The van der Waals surface area contributed by atoms with Crippen LogP contribution in [0.1, 0.15) is 10.4 Å². The Morgan fingerprint density at radius 3 is 3.07 bits per heavy atom. The summed E-state index contributed by atoms with van der Waals surface area (Å²) in [6.07, 6.45) is 3.23. The van der Waals surface area contributed by atoms with Gasteiger partial charge in [0.2, 0.25) is 0 Å². The molecule has 2 aromatic heterocycles. The molecule has 0 aromatic carbocycles. The SMILES string of the molecule is COC(=O)c1ccnc2c1c(I)cn2Cl. The zero-order chi connectivity index (χ0) is 11.0. The minimum atomic E-state index is -0.386. The number of esters is 1. The lowest BCUT2D eigenvalue weighted by Crippen LogP contribution is -2.02. The molecule has 0 aliphatic rings. The second-order valence-corrected chi connectivity index (χ2v) is 4.36. The molecule has 2 heterocycles. The van der Waals surface area contributed by atoms with Gasteiger partial charge in [-0.25, -0.2) is 13.9 Å². The van der Waals surface area contributed by atoms with Gasteiger partial charge in [0, 0.05) is 33.1 Å². The Bertz CT molecular complexity index is 538. The molecule has 0 bridgehead atoms. The largest absolute Gasteiger partial charge is 0.465 e. The number of pyridine rings is 1. The van der Waals surface area contributed by atoms with Gasteiger partial charge in [-0.3, -0.25) is 0 Å². The number of halogens is 2. The van der Waals surface area contributed by atoms with Crippen LogP contribution in [0.3, 0.4) is 0 Å². The minimum Gasteiger partial charge on any atom is -0.465 e. The molecule has 0 aliphatic carbocycles. The molecule has 0 N–H and O–H groups in total. The Labute approximate surface area is 104 Å². The fourth-order valence-electron chi connectivity index (χ4n) is 1.35.